The lowest BCUT2D eigenvalue weighted by molar-refractivity contribution is -0.143. The molecule has 0 bridgehead atoms. The maximum Gasteiger partial charge on any atom is 0.416 e. The van der Waals surface area contributed by atoms with Crippen LogP contribution in [-0.2, 0) is 38.7 Å². The van der Waals surface area contributed by atoms with Gasteiger partial charge in [0.1, 0.15) is 12.2 Å². The second kappa shape index (κ2) is 16.3. The maximum atomic E-state index is 14.4. The Balaban J connectivity index is 1.80. The fourth-order valence-corrected chi connectivity index (χ4v) is 6.30. The molecule has 2 amide bonds. The number of hydrogen-bond donors (Lipinski definition) is 1. The molecule has 52 heavy (non-hydrogen) atoms. The van der Waals surface area contributed by atoms with E-state index < -0.39 is 71.6 Å². The van der Waals surface area contributed by atoms with Crippen molar-refractivity contribution in [2.75, 3.05) is 6.61 Å². The van der Waals surface area contributed by atoms with E-state index in [0.29, 0.717) is 23.3 Å². The van der Waals surface area contributed by atoms with Crippen LogP contribution in [0.2, 0.25) is 0 Å². The van der Waals surface area contributed by atoms with E-state index in [1.54, 1.807) is 81.4 Å². The molecule has 3 aromatic carbocycles. The first-order valence-corrected chi connectivity index (χ1v) is 16.7. The Hall–Kier alpha value is -4.77. The summed E-state index contributed by atoms with van der Waals surface area (Å²) in [6.45, 7) is 5.87. The average molecular weight is 734 g/mol. The lowest BCUT2D eigenvalue weighted by Gasteiger charge is -2.53. The summed E-state index contributed by atoms with van der Waals surface area (Å²) in [6.07, 6.45) is -12.6. The van der Waals surface area contributed by atoms with Crippen LogP contribution in [0.3, 0.4) is 0 Å². The van der Waals surface area contributed by atoms with Crippen LogP contribution in [0.5, 0.6) is 0 Å². The monoisotopic (exact) mass is 733 g/mol. The molecule has 0 spiro atoms. The van der Waals surface area contributed by atoms with E-state index in [9.17, 15) is 41.2 Å². The smallest absolute Gasteiger partial charge is 0.416 e. The van der Waals surface area contributed by atoms with Gasteiger partial charge in [-0.05, 0) is 81.8 Å². The first kappa shape index (κ1) is 40.0. The van der Waals surface area contributed by atoms with Gasteiger partial charge >= 0.3 is 24.5 Å². The first-order valence-electron chi connectivity index (χ1n) is 16.7. The van der Waals surface area contributed by atoms with Crippen molar-refractivity contribution >= 4 is 12.2 Å². The number of alkyl carbamates (subject to hydrolysis) is 1. The van der Waals surface area contributed by atoms with Gasteiger partial charge in [-0.15, -0.1) is 0 Å². The van der Waals surface area contributed by atoms with E-state index in [1.165, 1.54) is 11.8 Å². The normalized spacial score (nSPS) is 20.1. The zero-order valence-corrected chi connectivity index (χ0v) is 29.2. The lowest BCUT2D eigenvalue weighted by atomic mass is 9.75. The highest BCUT2D eigenvalue weighted by Crippen LogP contribution is 2.44. The zero-order valence-electron chi connectivity index (χ0n) is 29.2. The number of ether oxygens (including phenoxy) is 3. The highest BCUT2D eigenvalue weighted by molar-refractivity contribution is 5.72. The van der Waals surface area contributed by atoms with E-state index in [-0.39, 0.29) is 43.9 Å². The fourth-order valence-electron chi connectivity index (χ4n) is 6.30. The summed E-state index contributed by atoms with van der Waals surface area (Å²) < 4.78 is 99.9. The topological polar surface area (TPSA) is 101 Å². The molecule has 0 saturated carbocycles. The number of hydrogen-bond acceptors (Lipinski definition) is 6. The summed E-state index contributed by atoms with van der Waals surface area (Å²) in [4.78, 5) is 28.8. The Kier molecular flexibility index (Phi) is 12.5. The molecule has 1 saturated heterocycles. The number of amides is 2. The standard InChI is InChI=1S/C38H41F6N3O5/c1-25(27-20-29(37(39,40)41)22-30(21-27)38(42,43)44)51-24-36(28-14-9-6-10-15-28)18-17-31(46-33(48)52-35(2,3)4)32(16-11-19-45)47(36)34(49)50-23-26-12-7-5-8-13-26/h5-10,12-15,20-22,25,31-32H,11,16-18,23-24H2,1-4H3,(H,46,48)/t25-,31+,32+,36-/m1/s1. The second-order valence-corrected chi connectivity index (χ2v) is 13.7. The molecule has 4 atom stereocenters. The van der Waals surface area contributed by atoms with Gasteiger partial charge in [-0.1, -0.05) is 60.7 Å². The molecule has 280 valence electrons. The number of halogens is 6. The number of benzene rings is 3. The third-order valence-electron chi connectivity index (χ3n) is 8.74. The summed E-state index contributed by atoms with van der Waals surface area (Å²) in [5.41, 5.74) is -4.39. The van der Waals surface area contributed by atoms with Gasteiger partial charge in [0.05, 0.1) is 47.5 Å². The number of alkyl halides is 6. The summed E-state index contributed by atoms with van der Waals surface area (Å²) in [7, 11) is 0. The molecule has 1 N–H and O–H groups in total. The van der Waals surface area contributed by atoms with Gasteiger partial charge in [-0.2, -0.15) is 31.6 Å². The van der Waals surface area contributed by atoms with Crippen molar-refractivity contribution in [3.05, 3.63) is 107 Å². The molecule has 0 unspecified atom stereocenters. The molecule has 4 rings (SSSR count). The third kappa shape index (κ3) is 10.2. The molecule has 3 aromatic rings. The molecule has 1 aliphatic heterocycles. The molecule has 1 fully saturated rings. The Morgan fingerprint density at radius 3 is 2.06 bits per heavy atom. The maximum absolute atomic E-state index is 14.4. The molecule has 0 aliphatic carbocycles. The van der Waals surface area contributed by atoms with Crippen molar-refractivity contribution in [3.8, 4) is 6.07 Å². The van der Waals surface area contributed by atoms with Crippen molar-refractivity contribution in [1.82, 2.24) is 10.2 Å². The molecule has 0 radical (unpaired) electrons. The molecule has 1 heterocycles. The van der Waals surface area contributed by atoms with Crippen LogP contribution in [0.4, 0.5) is 35.9 Å². The third-order valence-corrected chi connectivity index (χ3v) is 8.74. The number of nitrogens with one attached hydrogen (secondary N) is 1. The summed E-state index contributed by atoms with van der Waals surface area (Å²) in [5.74, 6) is 0. The van der Waals surface area contributed by atoms with Crippen molar-refractivity contribution in [2.45, 2.75) is 102 Å². The predicted octanol–water partition coefficient (Wildman–Crippen LogP) is 9.70. The van der Waals surface area contributed by atoms with Gasteiger partial charge in [0.25, 0.3) is 0 Å². The lowest BCUT2D eigenvalue weighted by Crippen LogP contribution is -2.66. The number of carbonyl (C=O) groups excluding carboxylic acids is 2. The molecular formula is C38H41F6N3O5. The zero-order chi connectivity index (χ0) is 38.3. The number of nitriles is 1. The largest absolute Gasteiger partial charge is 0.445 e. The minimum Gasteiger partial charge on any atom is -0.445 e. The fraction of sp³-hybridized carbons (Fsp3) is 0.447. The number of piperidine rings is 1. The number of nitrogens with zero attached hydrogens (tertiary/aromatic N) is 2. The van der Waals surface area contributed by atoms with Crippen molar-refractivity contribution in [2.24, 2.45) is 0 Å². The van der Waals surface area contributed by atoms with Gasteiger partial charge in [-0.3, -0.25) is 4.90 Å². The molecule has 14 heteroatoms. The Morgan fingerprint density at radius 1 is 0.942 bits per heavy atom. The predicted molar refractivity (Wildman–Crippen MR) is 178 cm³/mol. The quantitative estimate of drug-likeness (QED) is 0.208. The van der Waals surface area contributed by atoms with Crippen molar-refractivity contribution in [3.63, 3.8) is 0 Å². The summed E-state index contributed by atoms with van der Waals surface area (Å²) in [5, 5.41) is 12.5. The van der Waals surface area contributed by atoms with Crippen LogP contribution >= 0.6 is 0 Å². The SMILES string of the molecule is C[C@@H](OC[C@@]1(c2ccccc2)CC[C@H](NC(=O)OC(C)(C)C)[C@H](CCC#N)N1C(=O)OCc1ccccc1)c1cc(C(F)(F)F)cc(C(F)(F)F)c1. The van der Waals surface area contributed by atoms with Crippen LogP contribution in [0, 0.1) is 11.3 Å². The van der Waals surface area contributed by atoms with Crippen LogP contribution in [-0.4, -0.2) is 41.4 Å². The Bertz CT molecular complexity index is 1670. The molecule has 8 nitrogen and oxygen atoms in total. The van der Waals surface area contributed by atoms with Crippen LogP contribution in [0.15, 0.2) is 78.9 Å². The van der Waals surface area contributed by atoms with E-state index in [2.05, 4.69) is 11.4 Å². The molecule has 1 aliphatic rings. The van der Waals surface area contributed by atoms with E-state index in [0.717, 1.165) is 0 Å². The minimum absolute atomic E-state index is 0.0355. The van der Waals surface area contributed by atoms with Crippen LogP contribution < -0.4 is 5.32 Å². The average Bonchev–Trinajstić information content (AvgIpc) is 3.08. The van der Waals surface area contributed by atoms with E-state index in [1.807, 2.05) is 0 Å². The second-order valence-electron chi connectivity index (χ2n) is 13.7. The van der Waals surface area contributed by atoms with Gasteiger partial charge in [-0.25, -0.2) is 9.59 Å². The van der Waals surface area contributed by atoms with Gasteiger partial charge < -0.3 is 19.5 Å². The van der Waals surface area contributed by atoms with E-state index >= 15 is 0 Å². The highest BCUT2D eigenvalue weighted by atomic mass is 19.4. The van der Waals surface area contributed by atoms with E-state index in [4.69, 9.17) is 14.2 Å². The van der Waals surface area contributed by atoms with Crippen LogP contribution in [0.25, 0.3) is 0 Å². The summed E-state index contributed by atoms with van der Waals surface area (Å²) >= 11 is 0. The molecule has 0 aromatic heterocycles. The number of likely N-dealkylation sites (tertiary alicyclic amines) is 1. The summed E-state index contributed by atoms with van der Waals surface area (Å²) in [6, 6.07) is 19.2. The van der Waals surface area contributed by atoms with Crippen LogP contribution in [0.1, 0.15) is 87.3 Å². The van der Waals surface area contributed by atoms with Gasteiger partial charge in [0.15, 0.2) is 0 Å². The number of rotatable bonds is 10. The van der Waals surface area contributed by atoms with Gasteiger partial charge in [0.2, 0.25) is 0 Å². The highest BCUT2D eigenvalue weighted by Gasteiger charge is 2.52. The molecular weight excluding hydrogens is 692 g/mol. The van der Waals surface area contributed by atoms with Gasteiger partial charge in [0, 0.05) is 6.42 Å². The van der Waals surface area contributed by atoms with Crippen molar-refractivity contribution in [1.29, 1.82) is 5.26 Å². The Morgan fingerprint density at radius 2 is 1.52 bits per heavy atom. The Labute approximate surface area is 298 Å². The first-order chi connectivity index (χ1) is 24.3. The number of carbonyl (C=O) groups is 2. The van der Waals surface area contributed by atoms with Crippen molar-refractivity contribution < 1.29 is 50.1 Å². The minimum atomic E-state index is -5.06.